The maximum Gasteiger partial charge on any atom is 0.109 e. The Kier molecular flexibility index (Phi) is 4.35. The fourth-order valence-electron chi connectivity index (χ4n) is 1.24. The predicted molar refractivity (Wildman–Crippen MR) is 55.0 cm³/mol. The summed E-state index contributed by atoms with van der Waals surface area (Å²) >= 11 is 1.68. The van der Waals surface area contributed by atoms with Crippen molar-refractivity contribution in [3.05, 3.63) is 16.6 Å². The summed E-state index contributed by atoms with van der Waals surface area (Å²) in [5.74, 6) is 0. The summed E-state index contributed by atoms with van der Waals surface area (Å²) in [7, 11) is 1.71. The Bertz CT molecular complexity index is 226. The van der Waals surface area contributed by atoms with Crippen LogP contribution in [0.3, 0.4) is 0 Å². The molecular formula is C9H16N2OS. The average Bonchev–Trinajstić information content (AvgIpc) is 2.55. The summed E-state index contributed by atoms with van der Waals surface area (Å²) in [5, 5.41) is 6.53. The molecule has 1 heterocycles. The van der Waals surface area contributed by atoms with E-state index in [-0.39, 0.29) is 0 Å². The molecule has 0 aliphatic heterocycles. The molecular weight excluding hydrogens is 184 g/mol. The quantitative estimate of drug-likeness (QED) is 0.787. The molecule has 74 valence electrons. The van der Waals surface area contributed by atoms with Crippen molar-refractivity contribution in [2.24, 2.45) is 0 Å². The molecule has 0 saturated carbocycles. The molecule has 0 spiro atoms. The van der Waals surface area contributed by atoms with Gasteiger partial charge in [0.25, 0.3) is 0 Å². The lowest BCUT2D eigenvalue weighted by atomic mass is 10.3. The van der Waals surface area contributed by atoms with Crippen molar-refractivity contribution in [1.82, 2.24) is 10.3 Å². The van der Waals surface area contributed by atoms with Gasteiger partial charge in [-0.25, -0.2) is 4.98 Å². The Labute approximate surface area is 83.1 Å². The highest BCUT2D eigenvalue weighted by atomic mass is 32.1. The first-order valence-electron chi connectivity index (χ1n) is 4.38. The number of hydrogen-bond acceptors (Lipinski definition) is 4. The van der Waals surface area contributed by atoms with E-state index in [9.17, 15) is 0 Å². The van der Waals surface area contributed by atoms with Gasteiger partial charge in [-0.3, -0.25) is 0 Å². The van der Waals surface area contributed by atoms with E-state index in [1.165, 1.54) is 0 Å². The number of aromatic nitrogens is 1. The minimum atomic E-state index is 0.310. The molecule has 0 bridgehead atoms. The molecule has 1 N–H and O–H groups in total. The topological polar surface area (TPSA) is 34.1 Å². The van der Waals surface area contributed by atoms with E-state index in [0.29, 0.717) is 12.1 Å². The predicted octanol–water partition coefficient (Wildman–Crippen LogP) is 1.83. The second kappa shape index (κ2) is 5.32. The molecule has 0 aromatic carbocycles. The van der Waals surface area contributed by atoms with E-state index < -0.39 is 0 Å². The van der Waals surface area contributed by atoms with Crippen molar-refractivity contribution in [2.75, 3.05) is 13.7 Å². The Morgan fingerprint density at radius 1 is 1.62 bits per heavy atom. The summed E-state index contributed by atoms with van der Waals surface area (Å²) in [4.78, 5) is 4.24. The number of nitrogens with one attached hydrogen (secondary N) is 1. The molecule has 13 heavy (non-hydrogen) atoms. The minimum absolute atomic E-state index is 0.310. The highest BCUT2D eigenvalue weighted by Gasteiger charge is 2.10. The van der Waals surface area contributed by atoms with Gasteiger partial charge in [-0.1, -0.05) is 0 Å². The van der Waals surface area contributed by atoms with Gasteiger partial charge >= 0.3 is 0 Å². The normalized spacial score (nSPS) is 15.6. The molecule has 1 aromatic rings. The molecule has 0 aliphatic carbocycles. The fraction of sp³-hybridized carbons (Fsp3) is 0.667. The SMILES string of the molecule is COC[C@@H](C)N[C@H](C)c1nccs1. The van der Waals surface area contributed by atoms with Crippen LogP contribution < -0.4 is 5.32 Å². The lowest BCUT2D eigenvalue weighted by Crippen LogP contribution is -2.32. The van der Waals surface area contributed by atoms with Gasteiger partial charge in [0.05, 0.1) is 12.6 Å². The molecule has 3 nitrogen and oxygen atoms in total. The van der Waals surface area contributed by atoms with E-state index in [4.69, 9.17) is 4.74 Å². The third-order valence-electron chi connectivity index (χ3n) is 1.77. The van der Waals surface area contributed by atoms with Crippen molar-refractivity contribution in [1.29, 1.82) is 0 Å². The van der Waals surface area contributed by atoms with Crippen LogP contribution in [0, 0.1) is 0 Å². The summed E-state index contributed by atoms with van der Waals surface area (Å²) in [5.41, 5.74) is 0. The Balaban J connectivity index is 2.37. The van der Waals surface area contributed by atoms with Gasteiger partial charge in [0.2, 0.25) is 0 Å². The molecule has 0 aliphatic rings. The van der Waals surface area contributed by atoms with Crippen LogP contribution in [0.2, 0.25) is 0 Å². The van der Waals surface area contributed by atoms with Crippen LogP contribution in [0.25, 0.3) is 0 Å². The van der Waals surface area contributed by atoms with Gasteiger partial charge in [0.15, 0.2) is 0 Å². The van der Waals surface area contributed by atoms with E-state index in [1.807, 2.05) is 11.6 Å². The molecule has 4 heteroatoms. The lowest BCUT2D eigenvalue weighted by molar-refractivity contribution is 0.167. The van der Waals surface area contributed by atoms with Crippen molar-refractivity contribution >= 4 is 11.3 Å². The van der Waals surface area contributed by atoms with Crippen molar-refractivity contribution < 1.29 is 4.74 Å². The Morgan fingerprint density at radius 2 is 2.38 bits per heavy atom. The fourth-order valence-corrected chi connectivity index (χ4v) is 1.90. The molecule has 0 radical (unpaired) electrons. The second-order valence-corrected chi connectivity index (χ2v) is 4.04. The average molecular weight is 200 g/mol. The Morgan fingerprint density at radius 3 is 2.92 bits per heavy atom. The summed E-state index contributed by atoms with van der Waals surface area (Å²) in [6, 6.07) is 0.675. The summed E-state index contributed by atoms with van der Waals surface area (Å²) in [6.07, 6.45) is 1.83. The number of rotatable bonds is 5. The lowest BCUT2D eigenvalue weighted by Gasteiger charge is -2.17. The largest absolute Gasteiger partial charge is 0.383 e. The number of ether oxygens (including phenoxy) is 1. The highest BCUT2D eigenvalue weighted by Crippen LogP contribution is 2.14. The van der Waals surface area contributed by atoms with Crippen LogP contribution in [0.5, 0.6) is 0 Å². The number of methoxy groups -OCH3 is 1. The maximum absolute atomic E-state index is 5.04. The zero-order valence-electron chi connectivity index (χ0n) is 8.28. The standard InChI is InChI=1S/C9H16N2OS/c1-7(6-12-3)11-8(2)9-10-4-5-13-9/h4-5,7-8,11H,6H2,1-3H3/t7-,8-/m1/s1. The van der Waals surface area contributed by atoms with Crippen LogP contribution in [-0.2, 0) is 4.74 Å². The molecule has 2 atom stereocenters. The van der Waals surface area contributed by atoms with Crippen LogP contribution in [0.1, 0.15) is 24.9 Å². The molecule has 0 amide bonds. The maximum atomic E-state index is 5.04. The van der Waals surface area contributed by atoms with Crippen molar-refractivity contribution in [3.63, 3.8) is 0 Å². The first-order chi connectivity index (χ1) is 6.24. The number of nitrogens with zero attached hydrogens (tertiary/aromatic N) is 1. The first-order valence-corrected chi connectivity index (χ1v) is 5.26. The van der Waals surface area contributed by atoms with Gasteiger partial charge in [-0.05, 0) is 13.8 Å². The summed E-state index contributed by atoms with van der Waals surface area (Å²) < 4.78 is 5.04. The van der Waals surface area contributed by atoms with Gasteiger partial charge in [-0.2, -0.15) is 0 Å². The van der Waals surface area contributed by atoms with Crippen LogP contribution in [0.4, 0.5) is 0 Å². The van der Waals surface area contributed by atoms with Gasteiger partial charge in [-0.15, -0.1) is 11.3 Å². The third-order valence-corrected chi connectivity index (χ3v) is 2.73. The number of thiazole rings is 1. The van der Waals surface area contributed by atoms with E-state index in [2.05, 4.69) is 24.1 Å². The van der Waals surface area contributed by atoms with E-state index in [0.717, 1.165) is 11.6 Å². The molecule has 0 fully saturated rings. The van der Waals surface area contributed by atoms with Crippen LogP contribution in [0.15, 0.2) is 11.6 Å². The first kappa shape index (κ1) is 10.6. The van der Waals surface area contributed by atoms with E-state index in [1.54, 1.807) is 18.4 Å². The van der Waals surface area contributed by atoms with E-state index >= 15 is 0 Å². The molecule has 0 saturated heterocycles. The van der Waals surface area contributed by atoms with Gasteiger partial charge < -0.3 is 10.1 Å². The molecule has 0 unspecified atom stereocenters. The zero-order valence-corrected chi connectivity index (χ0v) is 9.10. The van der Waals surface area contributed by atoms with Gasteiger partial charge in [0.1, 0.15) is 5.01 Å². The second-order valence-electron chi connectivity index (χ2n) is 3.12. The van der Waals surface area contributed by atoms with Crippen molar-refractivity contribution in [3.8, 4) is 0 Å². The highest BCUT2D eigenvalue weighted by molar-refractivity contribution is 7.09. The monoisotopic (exact) mass is 200 g/mol. The summed E-state index contributed by atoms with van der Waals surface area (Å²) in [6.45, 7) is 4.95. The molecule has 1 aromatic heterocycles. The third kappa shape index (κ3) is 3.42. The Hall–Kier alpha value is -0.450. The van der Waals surface area contributed by atoms with Gasteiger partial charge in [0, 0.05) is 24.7 Å². The van der Waals surface area contributed by atoms with Crippen molar-refractivity contribution in [2.45, 2.75) is 25.9 Å². The zero-order chi connectivity index (χ0) is 9.68. The van der Waals surface area contributed by atoms with Crippen LogP contribution in [-0.4, -0.2) is 24.7 Å². The number of hydrogen-bond donors (Lipinski definition) is 1. The smallest absolute Gasteiger partial charge is 0.109 e. The van der Waals surface area contributed by atoms with Crippen LogP contribution >= 0.6 is 11.3 Å². The molecule has 1 rings (SSSR count). The minimum Gasteiger partial charge on any atom is -0.383 e.